The molecule has 0 saturated carbocycles. The van der Waals surface area contributed by atoms with Gasteiger partial charge in [-0.1, -0.05) is 24.3 Å². The van der Waals surface area contributed by atoms with E-state index in [1.165, 1.54) is 0 Å². The number of oxazole rings is 1. The van der Waals surface area contributed by atoms with E-state index in [0.29, 0.717) is 11.5 Å². The average molecular weight is 371 g/mol. The topological polar surface area (TPSA) is 55.1 Å². The molecule has 1 N–H and O–H groups in total. The summed E-state index contributed by atoms with van der Waals surface area (Å²) in [4.78, 5) is 16.6. The number of aromatic nitrogens is 1. The summed E-state index contributed by atoms with van der Waals surface area (Å²) < 4.78 is 6.22. The molecule has 5 heteroatoms. The number of aryl methyl sites for hydroxylation is 2. The fourth-order valence-corrected chi connectivity index (χ4v) is 2.82. The highest BCUT2D eigenvalue weighted by Crippen LogP contribution is 2.25. The summed E-state index contributed by atoms with van der Waals surface area (Å²) in [6.07, 6.45) is 0. The van der Waals surface area contributed by atoms with Gasteiger partial charge in [0, 0.05) is 22.6 Å². The van der Waals surface area contributed by atoms with Crippen LogP contribution >= 0.6 is 15.9 Å². The van der Waals surface area contributed by atoms with E-state index in [4.69, 9.17) is 4.42 Å². The molecule has 0 atom stereocenters. The van der Waals surface area contributed by atoms with Crippen LogP contribution in [-0.4, -0.2) is 10.9 Å². The minimum Gasteiger partial charge on any atom is -0.446 e. The van der Waals surface area contributed by atoms with Crippen LogP contribution in [0.5, 0.6) is 0 Å². The van der Waals surface area contributed by atoms with Crippen LogP contribution in [0.15, 0.2) is 57.4 Å². The predicted molar refractivity (Wildman–Crippen MR) is 93.5 cm³/mol. The molecule has 0 aliphatic heterocycles. The Kier molecular flexibility index (Phi) is 4.30. The first-order chi connectivity index (χ1) is 11.0. The number of nitrogens with zero attached hydrogens (tertiary/aromatic N) is 1. The van der Waals surface area contributed by atoms with E-state index in [0.717, 1.165) is 27.2 Å². The zero-order chi connectivity index (χ0) is 16.4. The third-order valence-electron chi connectivity index (χ3n) is 3.44. The van der Waals surface area contributed by atoms with Crippen molar-refractivity contribution in [1.29, 1.82) is 0 Å². The highest BCUT2D eigenvalue weighted by atomic mass is 79.9. The van der Waals surface area contributed by atoms with Gasteiger partial charge in [0.05, 0.1) is 5.56 Å². The van der Waals surface area contributed by atoms with Crippen molar-refractivity contribution in [3.8, 4) is 11.3 Å². The molecule has 0 bridgehead atoms. The molecular formula is C18H15BrN2O2. The molecule has 0 saturated heterocycles. The lowest BCUT2D eigenvalue weighted by atomic mass is 10.1. The fraction of sp³-hybridized carbons (Fsp3) is 0.111. The van der Waals surface area contributed by atoms with Crippen LogP contribution in [0.1, 0.15) is 22.0 Å². The number of benzene rings is 2. The van der Waals surface area contributed by atoms with Crippen molar-refractivity contribution in [3.05, 3.63) is 70.2 Å². The second-order valence-corrected chi connectivity index (χ2v) is 6.00. The highest BCUT2D eigenvalue weighted by molar-refractivity contribution is 9.10. The van der Waals surface area contributed by atoms with Gasteiger partial charge in [0.15, 0.2) is 5.89 Å². The smallest absolute Gasteiger partial charge is 0.256 e. The maximum atomic E-state index is 12.3. The van der Waals surface area contributed by atoms with Crippen molar-refractivity contribution in [2.75, 3.05) is 5.32 Å². The zero-order valence-electron chi connectivity index (χ0n) is 12.8. The van der Waals surface area contributed by atoms with Gasteiger partial charge in [0.2, 0.25) is 0 Å². The molecule has 1 amide bonds. The second kappa shape index (κ2) is 6.38. The third-order valence-corrected chi connectivity index (χ3v) is 4.13. The molecule has 0 aliphatic carbocycles. The third kappa shape index (κ3) is 3.35. The lowest BCUT2D eigenvalue weighted by molar-refractivity contribution is 0.102. The van der Waals surface area contributed by atoms with Gasteiger partial charge in [-0.05, 0) is 47.1 Å². The number of nitrogens with one attached hydrogen (secondary N) is 1. The largest absolute Gasteiger partial charge is 0.446 e. The Bertz CT molecular complexity index is 854. The molecule has 0 radical (unpaired) electrons. The van der Waals surface area contributed by atoms with Gasteiger partial charge in [-0.3, -0.25) is 4.79 Å². The van der Waals surface area contributed by atoms with Crippen molar-refractivity contribution in [2.24, 2.45) is 0 Å². The molecule has 3 aromatic rings. The first-order valence-electron chi connectivity index (χ1n) is 7.15. The summed E-state index contributed by atoms with van der Waals surface area (Å²) in [6.45, 7) is 3.71. The Morgan fingerprint density at radius 1 is 1.09 bits per heavy atom. The average Bonchev–Trinajstić information content (AvgIpc) is 2.87. The highest BCUT2D eigenvalue weighted by Gasteiger charge is 2.11. The fourth-order valence-electron chi connectivity index (χ4n) is 2.35. The van der Waals surface area contributed by atoms with Gasteiger partial charge in [0.25, 0.3) is 5.91 Å². The number of rotatable bonds is 3. The lowest BCUT2D eigenvalue weighted by Gasteiger charge is -2.07. The number of halogens is 1. The first-order valence-corrected chi connectivity index (χ1v) is 7.94. The van der Waals surface area contributed by atoms with Crippen molar-refractivity contribution >= 4 is 27.5 Å². The predicted octanol–water partition coefficient (Wildman–Crippen LogP) is 4.97. The Morgan fingerprint density at radius 3 is 2.39 bits per heavy atom. The summed E-state index contributed by atoms with van der Waals surface area (Å²) in [6, 6.07) is 14.9. The molecule has 0 aliphatic rings. The summed E-state index contributed by atoms with van der Waals surface area (Å²) in [5.74, 6) is 1.27. The van der Waals surface area contributed by atoms with E-state index in [-0.39, 0.29) is 5.91 Å². The van der Waals surface area contributed by atoms with Crippen molar-refractivity contribution in [2.45, 2.75) is 13.8 Å². The van der Waals surface area contributed by atoms with Crippen LogP contribution < -0.4 is 5.32 Å². The van der Waals surface area contributed by atoms with Crippen LogP contribution in [-0.2, 0) is 0 Å². The number of hydrogen-bond acceptors (Lipinski definition) is 3. The summed E-state index contributed by atoms with van der Waals surface area (Å²) >= 11 is 3.38. The summed E-state index contributed by atoms with van der Waals surface area (Å²) in [7, 11) is 0. The van der Waals surface area contributed by atoms with Gasteiger partial charge in [0.1, 0.15) is 11.5 Å². The molecule has 2 aromatic carbocycles. The minimum absolute atomic E-state index is 0.154. The molecule has 1 aromatic heterocycles. The molecule has 0 spiro atoms. The van der Waals surface area contributed by atoms with Crippen LogP contribution in [0.4, 0.5) is 5.69 Å². The number of anilines is 1. The number of hydrogen-bond donors (Lipinski definition) is 1. The molecule has 0 fully saturated rings. The second-order valence-electron chi connectivity index (χ2n) is 5.15. The van der Waals surface area contributed by atoms with E-state index < -0.39 is 0 Å². The Hall–Kier alpha value is -2.40. The van der Waals surface area contributed by atoms with Crippen LogP contribution in [0.25, 0.3) is 11.3 Å². The van der Waals surface area contributed by atoms with E-state index >= 15 is 0 Å². The lowest BCUT2D eigenvalue weighted by Crippen LogP contribution is -2.12. The molecule has 23 heavy (non-hydrogen) atoms. The van der Waals surface area contributed by atoms with Crippen LogP contribution in [0.2, 0.25) is 0 Å². The molecule has 3 rings (SSSR count). The number of carbonyl (C=O) groups is 1. The minimum atomic E-state index is -0.154. The van der Waals surface area contributed by atoms with Gasteiger partial charge in [-0.2, -0.15) is 0 Å². The van der Waals surface area contributed by atoms with Gasteiger partial charge in [-0.25, -0.2) is 4.98 Å². The van der Waals surface area contributed by atoms with Crippen LogP contribution in [0, 0.1) is 13.8 Å². The van der Waals surface area contributed by atoms with E-state index in [1.54, 1.807) is 6.07 Å². The molecule has 0 unspecified atom stereocenters. The summed E-state index contributed by atoms with van der Waals surface area (Å²) in [5.41, 5.74) is 3.11. The Labute approximate surface area is 142 Å². The maximum absolute atomic E-state index is 12.3. The van der Waals surface area contributed by atoms with E-state index in [1.807, 2.05) is 56.3 Å². The summed E-state index contributed by atoms with van der Waals surface area (Å²) in [5, 5.41) is 2.88. The number of amides is 1. The van der Waals surface area contributed by atoms with Crippen molar-refractivity contribution in [3.63, 3.8) is 0 Å². The standard InChI is InChI=1S/C18H15BrN2O2/c1-11-17(20-12(2)23-11)13-7-9-14(10-8-13)21-18(22)15-5-3-4-6-16(15)19/h3-10H,1-2H3,(H,21,22). The molecule has 4 nitrogen and oxygen atoms in total. The van der Waals surface area contributed by atoms with Crippen molar-refractivity contribution in [1.82, 2.24) is 4.98 Å². The van der Waals surface area contributed by atoms with Crippen LogP contribution in [0.3, 0.4) is 0 Å². The Balaban J connectivity index is 1.79. The van der Waals surface area contributed by atoms with E-state index in [9.17, 15) is 4.79 Å². The monoisotopic (exact) mass is 370 g/mol. The molecular weight excluding hydrogens is 356 g/mol. The normalized spacial score (nSPS) is 10.6. The zero-order valence-corrected chi connectivity index (χ0v) is 14.3. The van der Waals surface area contributed by atoms with Crippen molar-refractivity contribution < 1.29 is 9.21 Å². The molecule has 1 heterocycles. The first kappa shape index (κ1) is 15.5. The number of carbonyl (C=O) groups excluding carboxylic acids is 1. The van der Waals surface area contributed by atoms with Gasteiger partial charge < -0.3 is 9.73 Å². The van der Waals surface area contributed by atoms with Gasteiger partial charge >= 0.3 is 0 Å². The van der Waals surface area contributed by atoms with Gasteiger partial charge in [-0.15, -0.1) is 0 Å². The van der Waals surface area contributed by atoms with E-state index in [2.05, 4.69) is 26.2 Å². The maximum Gasteiger partial charge on any atom is 0.256 e. The quantitative estimate of drug-likeness (QED) is 0.707. The Morgan fingerprint density at radius 2 is 1.78 bits per heavy atom. The SMILES string of the molecule is Cc1nc(-c2ccc(NC(=O)c3ccccc3Br)cc2)c(C)o1. The molecule has 116 valence electrons.